The predicted molar refractivity (Wildman–Crippen MR) is 100 cm³/mol. The minimum Gasteiger partial charge on any atom is -0.469 e. The van der Waals surface area contributed by atoms with Crippen molar-refractivity contribution in [2.24, 2.45) is 17.3 Å². The van der Waals surface area contributed by atoms with E-state index in [0.29, 0.717) is 19.4 Å². The van der Waals surface area contributed by atoms with Crippen LogP contribution in [0.15, 0.2) is 24.3 Å². The highest BCUT2D eigenvalue weighted by Crippen LogP contribution is 2.81. The van der Waals surface area contributed by atoms with Crippen molar-refractivity contribution in [3.05, 3.63) is 29.8 Å². The van der Waals surface area contributed by atoms with Crippen LogP contribution in [-0.4, -0.2) is 48.4 Å². The van der Waals surface area contributed by atoms with Gasteiger partial charge in [-0.05, 0) is 42.2 Å². The smallest absolute Gasteiger partial charge is 0.311 e. The molecule has 6 rings (SSSR count). The van der Waals surface area contributed by atoms with Gasteiger partial charge in [0.2, 0.25) is 12.3 Å². The van der Waals surface area contributed by atoms with Gasteiger partial charge in [-0.3, -0.25) is 14.4 Å². The van der Waals surface area contributed by atoms with Gasteiger partial charge in [0.25, 0.3) is 0 Å². The van der Waals surface area contributed by atoms with Gasteiger partial charge in [-0.25, -0.2) is 0 Å². The summed E-state index contributed by atoms with van der Waals surface area (Å²) in [5, 5.41) is 0. The zero-order chi connectivity index (χ0) is 19.5. The highest BCUT2D eigenvalue weighted by atomic mass is 16.5. The number of nitrogens with zero attached hydrogens (tertiary/aromatic N) is 2. The molecule has 6 atom stereocenters. The van der Waals surface area contributed by atoms with Gasteiger partial charge >= 0.3 is 5.97 Å². The minimum absolute atomic E-state index is 0.0586. The first-order valence-corrected chi connectivity index (χ1v) is 10.2. The van der Waals surface area contributed by atoms with Gasteiger partial charge in [0.1, 0.15) is 0 Å². The van der Waals surface area contributed by atoms with E-state index in [4.69, 9.17) is 4.74 Å². The van der Waals surface area contributed by atoms with Crippen molar-refractivity contribution in [2.45, 2.75) is 49.6 Å². The second-order valence-electron chi connectivity index (χ2n) is 9.26. The average Bonchev–Trinajstić information content (AvgIpc) is 3.37. The lowest BCUT2D eigenvalue weighted by atomic mass is 9.56. The number of methoxy groups -OCH3 is 1. The molecular weight excluding hydrogens is 356 g/mol. The summed E-state index contributed by atoms with van der Waals surface area (Å²) in [4.78, 5) is 42.4. The number of anilines is 1. The zero-order valence-corrected chi connectivity index (χ0v) is 16.2. The van der Waals surface area contributed by atoms with Gasteiger partial charge in [-0.1, -0.05) is 25.1 Å². The van der Waals surface area contributed by atoms with Crippen LogP contribution in [0, 0.1) is 17.3 Å². The molecule has 0 aromatic heterocycles. The van der Waals surface area contributed by atoms with E-state index in [1.54, 1.807) is 0 Å². The normalized spacial score (nSPS) is 44.4. The van der Waals surface area contributed by atoms with E-state index >= 15 is 0 Å². The van der Waals surface area contributed by atoms with Crippen LogP contribution in [0.5, 0.6) is 0 Å². The molecule has 0 radical (unpaired) electrons. The number of fused-ring (bicyclic) bond motifs is 1. The fraction of sp³-hybridized carbons (Fsp3) is 0.591. The van der Waals surface area contributed by atoms with Gasteiger partial charge in [0.05, 0.1) is 18.6 Å². The number of hydrogen-bond donors (Lipinski definition) is 0. The molecular formula is C22H24N2O4. The Morgan fingerprint density at radius 2 is 2.07 bits per heavy atom. The van der Waals surface area contributed by atoms with Crippen molar-refractivity contribution >= 4 is 24.0 Å². The maximum Gasteiger partial charge on any atom is 0.311 e. The first-order valence-electron chi connectivity index (χ1n) is 10.2. The molecule has 2 aliphatic carbocycles. The third-order valence-electron chi connectivity index (χ3n) is 9.18. The number of rotatable bonds is 2. The molecule has 3 heterocycles. The number of para-hydroxylation sites is 1. The van der Waals surface area contributed by atoms with E-state index in [-0.39, 0.29) is 35.2 Å². The van der Waals surface area contributed by atoms with Crippen LogP contribution in [0.1, 0.15) is 38.2 Å². The van der Waals surface area contributed by atoms with Crippen molar-refractivity contribution in [2.75, 3.05) is 18.6 Å². The number of piperidine rings is 1. The summed E-state index contributed by atoms with van der Waals surface area (Å²) in [5.41, 5.74) is 0.838. The Morgan fingerprint density at radius 1 is 1.29 bits per heavy atom. The molecule has 2 saturated carbocycles. The van der Waals surface area contributed by atoms with E-state index in [1.807, 2.05) is 23.1 Å². The summed E-state index contributed by atoms with van der Waals surface area (Å²) in [6.45, 7) is 2.91. The van der Waals surface area contributed by atoms with Crippen LogP contribution < -0.4 is 4.90 Å². The Balaban J connectivity index is 1.73. The van der Waals surface area contributed by atoms with Crippen LogP contribution in [0.3, 0.4) is 0 Å². The van der Waals surface area contributed by atoms with Crippen molar-refractivity contribution < 1.29 is 19.1 Å². The van der Waals surface area contributed by atoms with Crippen LogP contribution >= 0.6 is 0 Å². The third kappa shape index (κ3) is 1.30. The molecule has 1 aromatic rings. The summed E-state index contributed by atoms with van der Waals surface area (Å²) in [6.07, 6.45) is 3.73. The van der Waals surface area contributed by atoms with Crippen LogP contribution in [0.4, 0.5) is 5.69 Å². The number of carbonyl (C=O) groups is 3. The lowest BCUT2D eigenvalue weighted by Gasteiger charge is -2.52. The monoisotopic (exact) mass is 380 g/mol. The van der Waals surface area contributed by atoms with Crippen LogP contribution in [-0.2, 0) is 24.5 Å². The largest absolute Gasteiger partial charge is 0.469 e. The van der Waals surface area contributed by atoms with Crippen molar-refractivity contribution in [1.29, 1.82) is 0 Å². The maximum atomic E-state index is 13.1. The number of benzene rings is 1. The number of amides is 2. The Morgan fingerprint density at radius 3 is 2.82 bits per heavy atom. The second-order valence-corrected chi connectivity index (χ2v) is 9.26. The summed E-state index contributed by atoms with van der Waals surface area (Å²) in [6, 6.07) is 8.11. The maximum absolute atomic E-state index is 13.1. The van der Waals surface area contributed by atoms with Gasteiger partial charge < -0.3 is 14.5 Å². The molecule has 5 aliphatic rings. The van der Waals surface area contributed by atoms with Crippen molar-refractivity contribution in [3.8, 4) is 0 Å². The average molecular weight is 380 g/mol. The lowest BCUT2D eigenvalue weighted by Crippen LogP contribution is -2.66. The number of hydrogen-bond acceptors (Lipinski definition) is 4. The fourth-order valence-corrected chi connectivity index (χ4v) is 8.65. The predicted octanol–water partition coefficient (Wildman–Crippen LogP) is 1.86. The summed E-state index contributed by atoms with van der Waals surface area (Å²) >= 11 is 0. The second kappa shape index (κ2) is 4.78. The summed E-state index contributed by atoms with van der Waals surface area (Å²) in [7, 11) is 1.44. The summed E-state index contributed by atoms with van der Waals surface area (Å²) in [5.74, 6) is -0.257. The van der Waals surface area contributed by atoms with Crippen molar-refractivity contribution in [3.63, 3.8) is 0 Å². The highest BCUT2D eigenvalue weighted by molar-refractivity contribution is 5.93. The molecule has 146 valence electrons. The van der Waals surface area contributed by atoms with E-state index in [9.17, 15) is 14.4 Å². The number of carbonyl (C=O) groups excluding carboxylic acids is 3. The molecule has 3 aliphatic heterocycles. The SMILES string of the molecule is COC(=O)C1CC23CCC(=O)N4CCC5(c6ccccc6N(C=O)C15C2C)C43. The molecule has 3 spiro atoms. The molecule has 2 bridgehead atoms. The molecule has 2 saturated heterocycles. The molecule has 6 heteroatoms. The Bertz CT molecular complexity index is 946. The van der Waals surface area contributed by atoms with Crippen LogP contribution in [0.25, 0.3) is 0 Å². The topological polar surface area (TPSA) is 66.9 Å². The number of esters is 1. The van der Waals surface area contributed by atoms with E-state index in [2.05, 4.69) is 17.9 Å². The Labute approximate surface area is 163 Å². The summed E-state index contributed by atoms with van der Waals surface area (Å²) < 4.78 is 5.27. The standard InChI is InChI=1S/C22H24N2O4/c1-13-20-8-7-17(26)23-10-9-21(19(20)23)14-5-3-4-6-16(14)24(12-25)22(13,21)15(11-20)18(27)28-2/h3-6,12-13,15,19H,7-11H2,1-2H3. The van der Waals surface area contributed by atoms with Gasteiger partial charge in [-0.15, -0.1) is 0 Å². The van der Waals surface area contributed by atoms with Gasteiger partial charge in [0.15, 0.2) is 0 Å². The fourth-order valence-electron chi connectivity index (χ4n) is 8.65. The van der Waals surface area contributed by atoms with Crippen molar-refractivity contribution in [1.82, 2.24) is 4.90 Å². The first-order chi connectivity index (χ1) is 13.5. The zero-order valence-electron chi connectivity index (χ0n) is 16.2. The molecule has 2 amide bonds. The molecule has 6 nitrogen and oxygen atoms in total. The number of ether oxygens (including phenoxy) is 1. The molecule has 1 aromatic carbocycles. The minimum atomic E-state index is -0.657. The van der Waals surface area contributed by atoms with Gasteiger partial charge in [0, 0.05) is 30.1 Å². The lowest BCUT2D eigenvalue weighted by molar-refractivity contribution is -0.152. The third-order valence-corrected chi connectivity index (χ3v) is 9.18. The first kappa shape index (κ1) is 16.6. The molecule has 28 heavy (non-hydrogen) atoms. The quantitative estimate of drug-likeness (QED) is 0.580. The van der Waals surface area contributed by atoms with E-state index in [0.717, 1.165) is 30.5 Å². The van der Waals surface area contributed by atoms with E-state index < -0.39 is 11.0 Å². The Kier molecular flexibility index (Phi) is 2.83. The highest BCUT2D eigenvalue weighted by Gasteiger charge is 2.88. The Hall–Kier alpha value is -2.37. The van der Waals surface area contributed by atoms with E-state index in [1.165, 1.54) is 7.11 Å². The van der Waals surface area contributed by atoms with Crippen LogP contribution in [0.2, 0.25) is 0 Å². The molecule has 6 unspecified atom stereocenters. The molecule has 4 fully saturated rings. The molecule has 0 N–H and O–H groups in total. The van der Waals surface area contributed by atoms with Gasteiger partial charge in [-0.2, -0.15) is 0 Å².